The zero-order chi connectivity index (χ0) is 28.9. The van der Waals surface area contributed by atoms with Gasteiger partial charge in [0.2, 0.25) is 0 Å². The molecule has 4 aromatic carbocycles. The van der Waals surface area contributed by atoms with E-state index in [1.54, 1.807) is 14.2 Å². The number of piperidine rings is 2. The fourth-order valence-corrected chi connectivity index (χ4v) is 6.52. The summed E-state index contributed by atoms with van der Waals surface area (Å²) >= 11 is 0. The molecule has 0 atom stereocenters. The summed E-state index contributed by atoms with van der Waals surface area (Å²) < 4.78 is 10.9. The number of methoxy groups -OCH3 is 2. The van der Waals surface area contributed by atoms with Gasteiger partial charge in [-0.15, -0.1) is 0 Å². The first kappa shape index (κ1) is 27.9. The number of carbonyl (C=O) groups excluding carboxylic acids is 1. The fraction of sp³-hybridized carbons (Fsp3) is 0.324. The minimum absolute atomic E-state index is 0.0851. The molecule has 0 aromatic heterocycles. The normalized spacial score (nSPS) is 15.4. The molecule has 0 amide bonds. The van der Waals surface area contributed by atoms with Gasteiger partial charge in [0.1, 0.15) is 11.5 Å². The second-order valence-corrected chi connectivity index (χ2v) is 11.3. The number of nitrogens with zero attached hydrogens (tertiary/aromatic N) is 2. The summed E-state index contributed by atoms with van der Waals surface area (Å²) in [5.74, 6) is 1.74. The van der Waals surface area contributed by atoms with E-state index in [0.29, 0.717) is 0 Å². The second kappa shape index (κ2) is 12.7. The van der Waals surface area contributed by atoms with Gasteiger partial charge < -0.3 is 19.3 Å². The lowest BCUT2D eigenvalue weighted by molar-refractivity contribution is 0.103. The van der Waals surface area contributed by atoms with Crippen LogP contribution in [-0.4, -0.2) is 46.2 Å². The van der Waals surface area contributed by atoms with E-state index in [0.717, 1.165) is 108 Å². The highest BCUT2D eigenvalue weighted by atomic mass is 16.5. The Labute approximate surface area is 249 Å². The van der Waals surface area contributed by atoms with Crippen molar-refractivity contribution in [2.75, 3.05) is 50.2 Å². The molecule has 0 bridgehead atoms. The molecule has 2 heterocycles. The molecule has 0 aliphatic carbocycles. The molecule has 216 valence electrons. The predicted octanol–water partition coefficient (Wildman–Crippen LogP) is 8.25. The van der Waals surface area contributed by atoms with Gasteiger partial charge in [-0.05, 0) is 86.1 Å². The first-order chi connectivity index (χ1) is 20.7. The monoisotopic (exact) mass is 560 g/mol. The van der Waals surface area contributed by atoms with Gasteiger partial charge in [-0.25, -0.2) is 0 Å². The maximum Gasteiger partial charge on any atom is 0.197 e. The number of ether oxygens (including phenoxy) is 2. The van der Waals surface area contributed by atoms with Crippen molar-refractivity contribution >= 4 is 17.2 Å². The van der Waals surface area contributed by atoms with Crippen molar-refractivity contribution in [2.24, 2.45) is 0 Å². The highest BCUT2D eigenvalue weighted by Crippen LogP contribution is 2.41. The molecule has 0 saturated carbocycles. The summed E-state index contributed by atoms with van der Waals surface area (Å²) in [5.41, 5.74) is 8.01. The lowest BCUT2D eigenvalue weighted by atomic mass is 9.90. The lowest BCUT2D eigenvalue weighted by Crippen LogP contribution is -2.33. The van der Waals surface area contributed by atoms with Gasteiger partial charge in [0.25, 0.3) is 0 Å². The predicted molar refractivity (Wildman–Crippen MR) is 172 cm³/mol. The highest BCUT2D eigenvalue weighted by molar-refractivity contribution is 6.18. The van der Waals surface area contributed by atoms with Gasteiger partial charge in [-0.1, -0.05) is 48.5 Å². The van der Waals surface area contributed by atoms with Crippen LogP contribution in [0.5, 0.6) is 11.5 Å². The largest absolute Gasteiger partial charge is 0.497 e. The first-order valence-corrected chi connectivity index (χ1v) is 15.3. The molecule has 5 nitrogen and oxygen atoms in total. The number of ketones is 1. The molecular formula is C37H40N2O3. The van der Waals surface area contributed by atoms with Gasteiger partial charge in [0, 0.05) is 48.4 Å². The molecule has 5 heteroatoms. The van der Waals surface area contributed by atoms with Crippen molar-refractivity contribution in [3.63, 3.8) is 0 Å². The molecule has 2 fully saturated rings. The average Bonchev–Trinajstić information content (AvgIpc) is 3.08. The fourth-order valence-electron chi connectivity index (χ4n) is 6.52. The molecule has 2 aliphatic heterocycles. The third kappa shape index (κ3) is 5.61. The number of anilines is 2. The van der Waals surface area contributed by atoms with E-state index in [1.165, 1.54) is 12.8 Å². The van der Waals surface area contributed by atoms with Crippen molar-refractivity contribution in [3.05, 3.63) is 96.1 Å². The maximum absolute atomic E-state index is 14.8. The van der Waals surface area contributed by atoms with Crippen molar-refractivity contribution < 1.29 is 14.3 Å². The van der Waals surface area contributed by atoms with Crippen LogP contribution in [0.1, 0.15) is 54.4 Å². The van der Waals surface area contributed by atoms with Gasteiger partial charge in [0.15, 0.2) is 5.78 Å². The van der Waals surface area contributed by atoms with Gasteiger partial charge in [-0.2, -0.15) is 0 Å². The molecule has 4 aromatic rings. The maximum atomic E-state index is 14.8. The van der Waals surface area contributed by atoms with Gasteiger partial charge in [-0.3, -0.25) is 4.79 Å². The van der Waals surface area contributed by atoms with Crippen molar-refractivity contribution in [2.45, 2.75) is 38.5 Å². The van der Waals surface area contributed by atoms with E-state index < -0.39 is 0 Å². The van der Waals surface area contributed by atoms with E-state index >= 15 is 0 Å². The molecule has 0 radical (unpaired) electrons. The number of hydrogen-bond donors (Lipinski definition) is 0. The molecule has 0 spiro atoms. The van der Waals surface area contributed by atoms with E-state index in [4.69, 9.17) is 9.47 Å². The van der Waals surface area contributed by atoms with E-state index in [-0.39, 0.29) is 5.78 Å². The number of hydrogen-bond acceptors (Lipinski definition) is 5. The summed E-state index contributed by atoms with van der Waals surface area (Å²) in [7, 11) is 3.38. The summed E-state index contributed by atoms with van der Waals surface area (Å²) in [6, 6.07) is 28.8. The van der Waals surface area contributed by atoms with Crippen LogP contribution in [0.3, 0.4) is 0 Å². The average molecular weight is 561 g/mol. The number of benzene rings is 4. The Morgan fingerprint density at radius 1 is 0.524 bits per heavy atom. The molecular weight excluding hydrogens is 520 g/mol. The molecule has 0 N–H and O–H groups in total. The first-order valence-electron chi connectivity index (χ1n) is 15.3. The van der Waals surface area contributed by atoms with E-state index in [9.17, 15) is 4.79 Å². The van der Waals surface area contributed by atoms with E-state index in [2.05, 4.69) is 46.2 Å². The SMILES string of the molecule is COc1ccc(-c2cccc(C(=O)c3cccc(-c4ccc(OC)cc4)c3N3CCCCC3)c2N2CCCCC2)cc1. The Morgan fingerprint density at radius 2 is 0.905 bits per heavy atom. The van der Waals surface area contributed by atoms with Gasteiger partial charge in [0.05, 0.1) is 25.6 Å². The number of para-hydroxylation sites is 2. The Bertz CT molecular complexity index is 1400. The zero-order valence-corrected chi connectivity index (χ0v) is 24.8. The van der Waals surface area contributed by atoms with Crippen LogP contribution >= 0.6 is 0 Å². The minimum Gasteiger partial charge on any atom is -0.497 e. The Hall–Kier alpha value is -4.25. The summed E-state index contributed by atoms with van der Waals surface area (Å²) in [6.07, 6.45) is 7.00. The number of carbonyl (C=O) groups is 1. The standard InChI is InChI=1S/C37H40N2O3/c1-41-29-19-15-27(16-20-29)31-11-9-13-33(35(31)38-23-5-3-6-24-38)37(40)34-14-10-12-32(28-17-21-30(42-2)22-18-28)36(34)39-25-7-4-8-26-39/h9-22H,3-8,23-26H2,1-2H3. The van der Waals surface area contributed by atoms with Crippen molar-refractivity contribution in [1.82, 2.24) is 0 Å². The zero-order valence-electron chi connectivity index (χ0n) is 24.8. The Balaban J connectivity index is 1.51. The van der Waals surface area contributed by atoms with Crippen LogP contribution < -0.4 is 19.3 Å². The van der Waals surface area contributed by atoms with Crippen molar-refractivity contribution in [3.8, 4) is 33.8 Å². The third-order valence-corrected chi connectivity index (χ3v) is 8.71. The minimum atomic E-state index is 0.0851. The lowest BCUT2D eigenvalue weighted by Gasteiger charge is -2.34. The summed E-state index contributed by atoms with van der Waals surface area (Å²) in [5, 5.41) is 0. The topological polar surface area (TPSA) is 42.0 Å². The van der Waals surface area contributed by atoms with Crippen LogP contribution in [0, 0.1) is 0 Å². The number of rotatable bonds is 8. The quantitative estimate of drug-likeness (QED) is 0.203. The van der Waals surface area contributed by atoms with Crippen molar-refractivity contribution in [1.29, 1.82) is 0 Å². The third-order valence-electron chi connectivity index (χ3n) is 8.71. The van der Waals surface area contributed by atoms with Crippen LogP contribution in [0.15, 0.2) is 84.9 Å². The summed E-state index contributed by atoms with van der Waals surface area (Å²) in [4.78, 5) is 19.7. The smallest absolute Gasteiger partial charge is 0.197 e. The highest BCUT2D eigenvalue weighted by Gasteiger charge is 2.28. The molecule has 0 unspecified atom stereocenters. The summed E-state index contributed by atoms with van der Waals surface area (Å²) in [6.45, 7) is 3.83. The molecule has 2 saturated heterocycles. The van der Waals surface area contributed by atoms with Crippen LogP contribution in [0.2, 0.25) is 0 Å². The van der Waals surface area contributed by atoms with Crippen LogP contribution in [0.4, 0.5) is 11.4 Å². The second-order valence-electron chi connectivity index (χ2n) is 11.3. The molecule has 42 heavy (non-hydrogen) atoms. The van der Waals surface area contributed by atoms with Crippen LogP contribution in [0.25, 0.3) is 22.3 Å². The Morgan fingerprint density at radius 3 is 1.26 bits per heavy atom. The Kier molecular flexibility index (Phi) is 8.45. The van der Waals surface area contributed by atoms with Gasteiger partial charge >= 0.3 is 0 Å². The molecule has 6 rings (SSSR count). The molecule has 2 aliphatic rings. The van der Waals surface area contributed by atoms with Crippen LogP contribution in [-0.2, 0) is 0 Å². The van der Waals surface area contributed by atoms with E-state index in [1.807, 2.05) is 48.5 Å².